The number of hydrogen-bond acceptors (Lipinski definition) is 3. The molecule has 4 heteroatoms. The first-order chi connectivity index (χ1) is 6.07. The lowest BCUT2D eigenvalue weighted by Gasteiger charge is -2.23. The number of methoxy groups -OCH3 is 1. The topological polar surface area (TPSA) is 43.4 Å². The monoisotopic (exact) mass is 202 g/mol. The van der Waals surface area contributed by atoms with Crippen LogP contribution in [0.15, 0.2) is 0 Å². The van der Waals surface area contributed by atoms with E-state index in [9.17, 15) is 9.59 Å². The second-order valence-electron chi connectivity index (χ2n) is 3.16. The summed E-state index contributed by atoms with van der Waals surface area (Å²) in [6.07, 6.45) is 0. The van der Waals surface area contributed by atoms with Crippen LogP contribution in [-0.2, 0) is 14.3 Å². The van der Waals surface area contributed by atoms with Crippen molar-refractivity contribution < 1.29 is 14.3 Å². The Balaban J connectivity index is 4.73. The standard InChI is InChI=1S/C9H18O3Si/c1-5-13(6-2,7-3)9(11)8(10)12-4/h5-7H2,1-4H3. The van der Waals surface area contributed by atoms with E-state index >= 15 is 0 Å². The number of carbonyl (C=O) groups excluding carboxylic acids is 2. The molecule has 0 aromatic heterocycles. The first-order valence-electron chi connectivity index (χ1n) is 4.70. The molecule has 0 fully saturated rings. The zero-order valence-corrected chi connectivity index (χ0v) is 9.85. The maximum absolute atomic E-state index is 11.7. The van der Waals surface area contributed by atoms with Gasteiger partial charge in [0.05, 0.1) is 7.11 Å². The summed E-state index contributed by atoms with van der Waals surface area (Å²) in [5.41, 5.74) is 0. The van der Waals surface area contributed by atoms with E-state index < -0.39 is 14.0 Å². The highest BCUT2D eigenvalue weighted by Gasteiger charge is 2.40. The van der Waals surface area contributed by atoms with Crippen molar-refractivity contribution in [3.05, 3.63) is 0 Å². The molecular weight excluding hydrogens is 184 g/mol. The highest BCUT2D eigenvalue weighted by atomic mass is 28.3. The van der Waals surface area contributed by atoms with E-state index in [0.29, 0.717) is 0 Å². The highest BCUT2D eigenvalue weighted by molar-refractivity contribution is 7.13. The van der Waals surface area contributed by atoms with E-state index in [-0.39, 0.29) is 5.41 Å². The number of ether oxygens (including phenoxy) is 1. The molecule has 0 rings (SSSR count). The van der Waals surface area contributed by atoms with Crippen LogP contribution >= 0.6 is 0 Å². The van der Waals surface area contributed by atoms with Crippen molar-refractivity contribution >= 4 is 19.4 Å². The molecule has 13 heavy (non-hydrogen) atoms. The van der Waals surface area contributed by atoms with Crippen molar-refractivity contribution in [2.75, 3.05) is 7.11 Å². The molecule has 0 N–H and O–H groups in total. The van der Waals surface area contributed by atoms with E-state index in [1.807, 2.05) is 20.8 Å². The Morgan fingerprint density at radius 3 is 1.69 bits per heavy atom. The van der Waals surface area contributed by atoms with Crippen LogP contribution in [0.1, 0.15) is 20.8 Å². The third-order valence-corrected chi connectivity index (χ3v) is 8.11. The molecule has 0 unspecified atom stereocenters. The molecule has 0 bridgehead atoms. The summed E-state index contributed by atoms with van der Waals surface area (Å²) in [6.45, 7) is 5.96. The van der Waals surface area contributed by atoms with Crippen molar-refractivity contribution in [1.29, 1.82) is 0 Å². The first kappa shape index (κ1) is 12.4. The largest absolute Gasteiger partial charge is 0.464 e. The van der Waals surface area contributed by atoms with Gasteiger partial charge in [0.15, 0.2) is 0 Å². The normalized spacial score (nSPS) is 11.1. The highest BCUT2D eigenvalue weighted by Crippen LogP contribution is 2.21. The van der Waals surface area contributed by atoms with Gasteiger partial charge in [0, 0.05) is 0 Å². The lowest BCUT2D eigenvalue weighted by Crippen LogP contribution is -2.46. The van der Waals surface area contributed by atoms with Crippen molar-refractivity contribution in [3.63, 3.8) is 0 Å². The van der Waals surface area contributed by atoms with Crippen LogP contribution in [0.3, 0.4) is 0 Å². The van der Waals surface area contributed by atoms with Gasteiger partial charge in [-0.25, -0.2) is 4.79 Å². The van der Waals surface area contributed by atoms with Gasteiger partial charge in [-0.3, -0.25) is 4.79 Å². The molecular formula is C9H18O3Si. The minimum Gasteiger partial charge on any atom is -0.464 e. The van der Waals surface area contributed by atoms with E-state index in [1.165, 1.54) is 7.11 Å². The van der Waals surface area contributed by atoms with Crippen molar-refractivity contribution in [2.24, 2.45) is 0 Å². The van der Waals surface area contributed by atoms with E-state index in [1.54, 1.807) is 0 Å². The van der Waals surface area contributed by atoms with E-state index in [2.05, 4.69) is 4.74 Å². The molecule has 76 valence electrons. The summed E-state index contributed by atoms with van der Waals surface area (Å²) < 4.78 is 4.47. The minimum absolute atomic E-state index is 0.248. The molecule has 0 amide bonds. The number of rotatable bonds is 5. The molecule has 0 aromatic rings. The zero-order valence-electron chi connectivity index (χ0n) is 8.85. The van der Waals surface area contributed by atoms with Gasteiger partial charge in [-0.05, 0) is 0 Å². The second-order valence-corrected chi connectivity index (χ2v) is 8.30. The van der Waals surface area contributed by atoms with Crippen molar-refractivity contribution in [3.8, 4) is 0 Å². The summed E-state index contributed by atoms with van der Waals surface area (Å²) in [5.74, 6) is -0.655. The Labute approximate surface area is 80.5 Å². The van der Waals surface area contributed by atoms with Crippen LogP contribution < -0.4 is 0 Å². The van der Waals surface area contributed by atoms with E-state index in [0.717, 1.165) is 18.1 Å². The maximum atomic E-state index is 11.7. The number of esters is 1. The Kier molecular flexibility index (Phi) is 4.91. The van der Waals surface area contributed by atoms with Crippen LogP contribution in [0.5, 0.6) is 0 Å². The van der Waals surface area contributed by atoms with Crippen LogP contribution in [0.25, 0.3) is 0 Å². The lowest BCUT2D eigenvalue weighted by molar-refractivity contribution is -0.148. The third kappa shape index (κ3) is 2.40. The SMILES string of the molecule is CC[Si](CC)(CC)C(=O)C(=O)OC. The molecule has 0 radical (unpaired) electrons. The Hall–Kier alpha value is -0.643. The Bertz CT molecular complexity index is 189. The molecule has 0 saturated heterocycles. The number of hydrogen-bond donors (Lipinski definition) is 0. The summed E-state index contributed by atoms with van der Waals surface area (Å²) in [6, 6.07) is 2.48. The van der Waals surface area contributed by atoms with Gasteiger partial charge in [0.25, 0.3) is 0 Å². The van der Waals surface area contributed by atoms with E-state index in [4.69, 9.17) is 0 Å². The van der Waals surface area contributed by atoms with Crippen LogP contribution in [0.2, 0.25) is 18.1 Å². The summed E-state index contributed by atoms with van der Waals surface area (Å²) in [4.78, 5) is 22.8. The fraction of sp³-hybridized carbons (Fsp3) is 0.778. The van der Waals surface area contributed by atoms with Gasteiger partial charge in [-0.15, -0.1) is 0 Å². The lowest BCUT2D eigenvalue weighted by atomic mass is 10.8. The molecule has 3 nitrogen and oxygen atoms in total. The molecule has 0 aliphatic rings. The summed E-state index contributed by atoms with van der Waals surface area (Å²) in [5, 5.41) is -0.248. The second kappa shape index (κ2) is 5.17. The molecule has 0 saturated carbocycles. The minimum atomic E-state index is -2.02. The van der Waals surface area contributed by atoms with Crippen molar-refractivity contribution in [1.82, 2.24) is 0 Å². The smallest absolute Gasteiger partial charge is 0.368 e. The fourth-order valence-electron chi connectivity index (χ4n) is 1.54. The molecule has 0 spiro atoms. The third-order valence-electron chi connectivity index (χ3n) is 2.88. The first-order valence-corrected chi connectivity index (χ1v) is 7.32. The predicted molar refractivity (Wildman–Crippen MR) is 54.2 cm³/mol. The molecule has 0 aliphatic carbocycles. The molecule has 0 aromatic carbocycles. The molecule has 0 atom stereocenters. The van der Waals surface area contributed by atoms with Gasteiger partial charge in [-0.1, -0.05) is 38.9 Å². The van der Waals surface area contributed by atoms with Crippen LogP contribution in [0, 0.1) is 0 Å². The quantitative estimate of drug-likeness (QED) is 0.388. The predicted octanol–water partition coefficient (Wildman–Crippen LogP) is 1.78. The Morgan fingerprint density at radius 1 is 1.08 bits per heavy atom. The van der Waals surface area contributed by atoms with Crippen LogP contribution in [-0.4, -0.2) is 26.6 Å². The van der Waals surface area contributed by atoms with Gasteiger partial charge in [-0.2, -0.15) is 0 Å². The van der Waals surface area contributed by atoms with Gasteiger partial charge < -0.3 is 4.74 Å². The average molecular weight is 202 g/mol. The Morgan fingerprint density at radius 2 is 1.46 bits per heavy atom. The van der Waals surface area contributed by atoms with Gasteiger partial charge in [0.1, 0.15) is 8.07 Å². The van der Waals surface area contributed by atoms with Gasteiger partial charge in [0.2, 0.25) is 5.41 Å². The molecule has 0 heterocycles. The maximum Gasteiger partial charge on any atom is 0.368 e. The summed E-state index contributed by atoms with van der Waals surface area (Å²) >= 11 is 0. The fourth-order valence-corrected chi connectivity index (χ4v) is 4.54. The van der Waals surface area contributed by atoms with Crippen molar-refractivity contribution in [2.45, 2.75) is 38.9 Å². The van der Waals surface area contributed by atoms with Gasteiger partial charge >= 0.3 is 5.97 Å². The zero-order chi connectivity index (χ0) is 10.5. The average Bonchev–Trinajstić information content (AvgIpc) is 2.20. The van der Waals surface area contributed by atoms with Crippen LogP contribution in [0.4, 0.5) is 0 Å². The summed E-state index contributed by atoms with van der Waals surface area (Å²) in [7, 11) is -0.754. The number of carbonyl (C=O) groups is 2. The molecule has 0 aliphatic heterocycles.